The molecule has 0 aromatic heterocycles. The van der Waals surface area contributed by atoms with Crippen LogP contribution in [0.3, 0.4) is 0 Å². The molecule has 1 aromatic rings. The summed E-state index contributed by atoms with van der Waals surface area (Å²) in [4.78, 5) is 10.6. The van der Waals surface area contributed by atoms with Crippen LogP contribution in [0.15, 0.2) is 6.07 Å². The maximum absolute atomic E-state index is 10.6. The molecule has 0 aliphatic carbocycles. The van der Waals surface area contributed by atoms with E-state index < -0.39 is 5.97 Å². The van der Waals surface area contributed by atoms with Gasteiger partial charge in [-0.3, -0.25) is 4.79 Å². The zero-order chi connectivity index (χ0) is 13.0. The molecule has 1 N–H and O–H groups in total. The number of aryl methyl sites for hydroxylation is 2. The van der Waals surface area contributed by atoms with E-state index in [9.17, 15) is 4.79 Å². The standard InChI is InChI=1S/C13H18O4/c1-8-7-10(5-6-11(14)15)13(17-4)12(16-3)9(8)2/h7H,5-6H2,1-4H3,(H,14,15). The molecule has 4 heteroatoms. The molecule has 0 amide bonds. The lowest BCUT2D eigenvalue weighted by Gasteiger charge is -2.16. The van der Waals surface area contributed by atoms with E-state index in [0.29, 0.717) is 17.9 Å². The molecule has 1 aromatic carbocycles. The van der Waals surface area contributed by atoms with E-state index in [2.05, 4.69) is 0 Å². The minimum atomic E-state index is -0.816. The SMILES string of the molecule is COc1c(CCC(=O)O)cc(C)c(C)c1OC. The van der Waals surface area contributed by atoms with Gasteiger partial charge in [0.25, 0.3) is 0 Å². The zero-order valence-electron chi connectivity index (χ0n) is 10.7. The molecule has 0 bridgehead atoms. The van der Waals surface area contributed by atoms with Gasteiger partial charge in [-0.2, -0.15) is 0 Å². The first kappa shape index (κ1) is 13.4. The summed E-state index contributed by atoms with van der Waals surface area (Å²) in [6.07, 6.45) is 0.526. The normalized spacial score (nSPS) is 10.1. The van der Waals surface area contributed by atoms with Crippen molar-refractivity contribution in [2.45, 2.75) is 26.7 Å². The first-order chi connectivity index (χ1) is 8.01. The molecular formula is C13H18O4. The summed E-state index contributed by atoms with van der Waals surface area (Å²) in [5.41, 5.74) is 2.96. The van der Waals surface area contributed by atoms with E-state index in [1.807, 2.05) is 19.9 Å². The fourth-order valence-corrected chi connectivity index (χ4v) is 1.83. The molecule has 0 aliphatic heterocycles. The van der Waals surface area contributed by atoms with E-state index in [1.165, 1.54) is 0 Å². The van der Waals surface area contributed by atoms with Crippen LogP contribution in [-0.2, 0) is 11.2 Å². The topological polar surface area (TPSA) is 55.8 Å². The average Bonchev–Trinajstić information content (AvgIpc) is 2.29. The lowest BCUT2D eigenvalue weighted by Crippen LogP contribution is -2.03. The fraction of sp³-hybridized carbons (Fsp3) is 0.462. The molecule has 1 rings (SSSR count). The molecule has 17 heavy (non-hydrogen) atoms. The Balaban J connectivity index is 3.19. The largest absolute Gasteiger partial charge is 0.493 e. The predicted molar refractivity (Wildman–Crippen MR) is 65.0 cm³/mol. The predicted octanol–water partition coefficient (Wildman–Crippen LogP) is 2.34. The van der Waals surface area contributed by atoms with Crippen LogP contribution in [0.25, 0.3) is 0 Å². The van der Waals surface area contributed by atoms with Crippen LogP contribution in [0, 0.1) is 13.8 Å². The third-order valence-electron chi connectivity index (χ3n) is 2.84. The molecule has 0 fully saturated rings. The number of carboxylic acid groups (broad SMARTS) is 1. The molecule has 0 aliphatic rings. The Labute approximate surface area is 101 Å². The van der Waals surface area contributed by atoms with Crippen molar-refractivity contribution in [3.05, 3.63) is 22.8 Å². The number of ether oxygens (including phenoxy) is 2. The van der Waals surface area contributed by atoms with Crippen molar-refractivity contribution < 1.29 is 19.4 Å². The van der Waals surface area contributed by atoms with Crippen molar-refractivity contribution in [1.82, 2.24) is 0 Å². The first-order valence-corrected chi connectivity index (χ1v) is 5.44. The third kappa shape index (κ3) is 2.90. The Bertz CT molecular complexity index is 424. The summed E-state index contributed by atoms with van der Waals surface area (Å²) < 4.78 is 10.6. The van der Waals surface area contributed by atoms with Crippen LogP contribution in [0.2, 0.25) is 0 Å². The Hall–Kier alpha value is -1.71. The molecule has 0 radical (unpaired) electrons. The second-order valence-corrected chi connectivity index (χ2v) is 3.94. The number of hydrogen-bond acceptors (Lipinski definition) is 3. The lowest BCUT2D eigenvalue weighted by molar-refractivity contribution is -0.136. The van der Waals surface area contributed by atoms with Crippen molar-refractivity contribution in [1.29, 1.82) is 0 Å². The van der Waals surface area contributed by atoms with Gasteiger partial charge >= 0.3 is 5.97 Å². The Morgan fingerprint density at radius 2 is 1.82 bits per heavy atom. The zero-order valence-corrected chi connectivity index (χ0v) is 10.7. The second kappa shape index (κ2) is 5.57. The number of methoxy groups -OCH3 is 2. The summed E-state index contributed by atoms with van der Waals surface area (Å²) >= 11 is 0. The van der Waals surface area contributed by atoms with Gasteiger partial charge in [0.1, 0.15) is 0 Å². The minimum Gasteiger partial charge on any atom is -0.493 e. The maximum atomic E-state index is 10.6. The third-order valence-corrected chi connectivity index (χ3v) is 2.84. The van der Waals surface area contributed by atoms with Gasteiger partial charge in [0.05, 0.1) is 14.2 Å². The second-order valence-electron chi connectivity index (χ2n) is 3.94. The number of benzene rings is 1. The highest BCUT2D eigenvalue weighted by molar-refractivity contribution is 5.67. The van der Waals surface area contributed by atoms with Crippen molar-refractivity contribution in [3.8, 4) is 11.5 Å². The Kier molecular flexibility index (Phi) is 4.37. The molecule has 0 spiro atoms. The molecule has 0 saturated carbocycles. The van der Waals surface area contributed by atoms with Gasteiger partial charge in [-0.1, -0.05) is 6.07 Å². The van der Waals surface area contributed by atoms with Crippen molar-refractivity contribution in [2.24, 2.45) is 0 Å². The van der Waals surface area contributed by atoms with Gasteiger partial charge in [0, 0.05) is 6.42 Å². The summed E-state index contributed by atoms with van der Waals surface area (Å²) in [6.45, 7) is 3.93. The van der Waals surface area contributed by atoms with Gasteiger partial charge < -0.3 is 14.6 Å². The first-order valence-electron chi connectivity index (χ1n) is 5.44. The molecular weight excluding hydrogens is 220 g/mol. The number of carboxylic acids is 1. The van der Waals surface area contributed by atoms with Crippen molar-refractivity contribution in [3.63, 3.8) is 0 Å². The fourth-order valence-electron chi connectivity index (χ4n) is 1.83. The highest BCUT2D eigenvalue weighted by Gasteiger charge is 2.15. The van der Waals surface area contributed by atoms with Crippen LogP contribution in [0.1, 0.15) is 23.1 Å². The van der Waals surface area contributed by atoms with E-state index in [4.69, 9.17) is 14.6 Å². The number of hydrogen-bond donors (Lipinski definition) is 1. The number of carbonyl (C=O) groups is 1. The summed E-state index contributed by atoms with van der Waals surface area (Å²) in [5, 5.41) is 8.72. The highest BCUT2D eigenvalue weighted by atomic mass is 16.5. The molecule has 94 valence electrons. The quantitative estimate of drug-likeness (QED) is 0.855. The summed E-state index contributed by atoms with van der Waals surface area (Å²) in [6, 6.07) is 1.96. The monoisotopic (exact) mass is 238 g/mol. The maximum Gasteiger partial charge on any atom is 0.303 e. The van der Waals surface area contributed by atoms with Crippen LogP contribution >= 0.6 is 0 Å². The van der Waals surface area contributed by atoms with E-state index >= 15 is 0 Å². The van der Waals surface area contributed by atoms with Crippen LogP contribution in [0.5, 0.6) is 11.5 Å². The number of rotatable bonds is 5. The average molecular weight is 238 g/mol. The van der Waals surface area contributed by atoms with Crippen molar-refractivity contribution >= 4 is 5.97 Å². The van der Waals surface area contributed by atoms with Gasteiger partial charge in [-0.15, -0.1) is 0 Å². The summed E-state index contributed by atoms with van der Waals surface area (Å²) in [7, 11) is 3.15. The Morgan fingerprint density at radius 1 is 1.24 bits per heavy atom. The van der Waals surface area contributed by atoms with Gasteiger partial charge in [0.2, 0.25) is 0 Å². The molecule has 0 unspecified atom stereocenters. The number of aliphatic carboxylic acids is 1. The Morgan fingerprint density at radius 3 is 2.29 bits per heavy atom. The van der Waals surface area contributed by atoms with Gasteiger partial charge in [-0.05, 0) is 37.0 Å². The highest BCUT2D eigenvalue weighted by Crippen LogP contribution is 2.37. The molecule has 4 nitrogen and oxygen atoms in total. The van der Waals surface area contributed by atoms with Crippen LogP contribution in [-0.4, -0.2) is 25.3 Å². The minimum absolute atomic E-state index is 0.0853. The summed E-state index contributed by atoms with van der Waals surface area (Å²) in [5.74, 6) is 0.508. The molecule has 0 heterocycles. The van der Waals surface area contributed by atoms with Crippen LogP contribution < -0.4 is 9.47 Å². The smallest absolute Gasteiger partial charge is 0.303 e. The van der Waals surface area contributed by atoms with Crippen LogP contribution in [0.4, 0.5) is 0 Å². The van der Waals surface area contributed by atoms with Crippen molar-refractivity contribution in [2.75, 3.05) is 14.2 Å². The van der Waals surface area contributed by atoms with Gasteiger partial charge in [0.15, 0.2) is 11.5 Å². The van der Waals surface area contributed by atoms with Gasteiger partial charge in [-0.25, -0.2) is 0 Å². The van der Waals surface area contributed by atoms with E-state index in [1.54, 1.807) is 14.2 Å². The lowest BCUT2D eigenvalue weighted by atomic mass is 10.0. The van der Waals surface area contributed by atoms with E-state index in [0.717, 1.165) is 16.7 Å². The molecule has 0 atom stereocenters. The molecule has 0 saturated heterocycles. The van der Waals surface area contributed by atoms with E-state index in [-0.39, 0.29) is 6.42 Å².